The summed E-state index contributed by atoms with van der Waals surface area (Å²) < 4.78 is 0. The second-order valence-electron chi connectivity index (χ2n) is 5.47. The van der Waals surface area contributed by atoms with Crippen LogP contribution in [0.15, 0.2) is 24.3 Å². The largest absolute Gasteiger partial charge is 0.319 e. The van der Waals surface area contributed by atoms with E-state index in [1.165, 1.54) is 24.8 Å². The monoisotopic (exact) mass is 257 g/mol. The van der Waals surface area contributed by atoms with Gasteiger partial charge in [0.15, 0.2) is 0 Å². The molecule has 3 heteroatoms. The van der Waals surface area contributed by atoms with Crippen LogP contribution in [0.5, 0.6) is 0 Å². The maximum Gasteiger partial charge on any atom is 0.0991 e. The summed E-state index contributed by atoms with van der Waals surface area (Å²) in [5.74, 6) is 0.644. The predicted octanol–water partition coefficient (Wildman–Crippen LogP) is 2.55. The maximum atomic E-state index is 8.90. The first kappa shape index (κ1) is 14.0. The van der Waals surface area contributed by atoms with E-state index in [1.807, 2.05) is 19.2 Å². The average molecular weight is 257 g/mol. The van der Waals surface area contributed by atoms with E-state index in [-0.39, 0.29) is 0 Å². The first-order chi connectivity index (χ1) is 9.26. The Labute approximate surface area is 116 Å². The topological polar surface area (TPSA) is 39.1 Å². The number of likely N-dealkylation sites (tertiary alicyclic amines) is 1. The van der Waals surface area contributed by atoms with Crippen LogP contribution in [-0.2, 0) is 0 Å². The third-order valence-corrected chi connectivity index (χ3v) is 4.10. The van der Waals surface area contributed by atoms with Crippen LogP contribution in [0.1, 0.15) is 36.4 Å². The van der Waals surface area contributed by atoms with Crippen molar-refractivity contribution in [2.75, 3.05) is 27.2 Å². The highest BCUT2D eigenvalue weighted by Gasteiger charge is 2.28. The number of nitriles is 1. The Bertz CT molecular complexity index is 432. The van der Waals surface area contributed by atoms with Gasteiger partial charge in [-0.2, -0.15) is 5.26 Å². The molecule has 0 spiro atoms. The molecule has 0 aromatic heterocycles. The van der Waals surface area contributed by atoms with Gasteiger partial charge in [-0.25, -0.2) is 0 Å². The van der Waals surface area contributed by atoms with E-state index in [9.17, 15) is 0 Å². The lowest BCUT2D eigenvalue weighted by molar-refractivity contribution is 0.191. The molecule has 0 radical (unpaired) electrons. The Morgan fingerprint density at radius 1 is 1.32 bits per heavy atom. The highest BCUT2D eigenvalue weighted by Crippen LogP contribution is 2.33. The minimum absolute atomic E-state index is 0.461. The van der Waals surface area contributed by atoms with Gasteiger partial charge in [-0.05, 0) is 63.6 Å². The highest BCUT2D eigenvalue weighted by atomic mass is 15.1. The molecule has 1 fully saturated rings. The molecule has 0 bridgehead atoms. The number of hydrogen-bond donors (Lipinski definition) is 1. The molecule has 3 nitrogen and oxygen atoms in total. The molecule has 1 saturated heterocycles. The van der Waals surface area contributed by atoms with Crippen molar-refractivity contribution in [1.82, 2.24) is 10.2 Å². The van der Waals surface area contributed by atoms with Gasteiger partial charge in [0.25, 0.3) is 0 Å². The van der Waals surface area contributed by atoms with Crippen molar-refractivity contribution in [1.29, 1.82) is 5.26 Å². The first-order valence-corrected chi connectivity index (χ1v) is 7.11. The second-order valence-corrected chi connectivity index (χ2v) is 5.47. The Morgan fingerprint density at radius 3 is 2.68 bits per heavy atom. The van der Waals surface area contributed by atoms with E-state index in [4.69, 9.17) is 5.26 Å². The zero-order valence-electron chi connectivity index (χ0n) is 11.9. The van der Waals surface area contributed by atoms with Gasteiger partial charge in [0.2, 0.25) is 0 Å². The van der Waals surface area contributed by atoms with Crippen LogP contribution in [0.3, 0.4) is 0 Å². The zero-order chi connectivity index (χ0) is 13.7. The van der Waals surface area contributed by atoms with E-state index in [0.717, 1.165) is 18.7 Å². The quantitative estimate of drug-likeness (QED) is 0.904. The van der Waals surface area contributed by atoms with Gasteiger partial charge >= 0.3 is 0 Å². The summed E-state index contributed by atoms with van der Waals surface area (Å²) in [4.78, 5) is 2.47. The zero-order valence-corrected chi connectivity index (χ0v) is 11.9. The molecule has 1 aromatic rings. The molecule has 1 N–H and O–H groups in total. The molecule has 1 aromatic carbocycles. The third kappa shape index (κ3) is 3.34. The standard InChI is InChI=1S/C16H23N3/c1-18-12-15-5-3-4-10-19(2)16(15)14-8-6-13(11-17)7-9-14/h6-9,15-16,18H,3-5,10,12H2,1-2H3. The molecule has 1 heterocycles. The second kappa shape index (κ2) is 6.70. The van der Waals surface area contributed by atoms with Gasteiger partial charge in [0.05, 0.1) is 11.6 Å². The van der Waals surface area contributed by atoms with Crippen molar-refractivity contribution in [2.24, 2.45) is 5.92 Å². The fourth-order valence-corrected chi connectivity index (χ4v) is 3.18. The lowest BCUT2D eigenvalue weighted by Crippen LogP contribution is -2.33. The van der Waals surface area contributed by atoms with Crippen LogP contribution in [0.2, 0.25) is 0 Å². The van der Waals surface area contributed by atoms with Gasteiger partial charge in [0.1, 0.15) is 0 Å². The first-order valence-electron chi connectivity index (χ1n) is 7.11. The summed E-state index contributed by atoms with van der Waals surface area (Å²) in [7, 11) is 4.25. The molecule has 0 aliphatic carbocycles. The Balaban J connectivity index is 2.26. The van der Waals surface area contributed by atoms with Crippen LogP contribution in [0, 0.1) is 17.2 Å². The van der Waals surface area contributed by atoms with E-state index in [2.05, 4.69) is 35.5 Å². The number of hydrogen-bond acceptors (Lipinski definition) is 3. The van der Waals surface area contributed by atoms with Gasteiger partial charge in [-0.15, -0.1) is 0 Å². The van der Waals surface area contributed by atoms with Gasteiger partial charge in [-0.1, -0.05) is 18.6 Å². The molecule has 19 heavy (non-hydrogen) atoms. The van der Waals surface area contributed by atoms with E-state index < -0.39 is 0 Å². The van der Waals surface area contributed by atoms with Gasteiger partial charge in [0, 0.05) is 6.04 Å². The van der Waals surface area contributed by atoms with Crippen LogP contribution in [0.4, 0.5) is 0 Å². The van der Waals surface area contributed by atoms with E-state index in [0.29, 0.717) is 12.0 Å². The van der Waals surface area contributed by atoms with Crippen molar-refractivity contribution in [3.63, 3.8) is 0 Å². The van der Waals surface area contributed by atoms with Crippen molar-refractivity contribution in [3.8, 4) is 6.07 Å². The van der Waals surface area contributed by atoms with Crippen LogP contribution in [0.25, 0.3) is 0 Å². The van der Waals surface area contributed by atoms with Crippen LogP contribution >= 0.6 is 0 Å². The predicted molar refractivity (Wildman–Crippen MR) is 77.8 cm³/mol. The summed E-state index contributed by atoms with van der Waals surface area (Å²) in [6, 6.07) is 10.8. The fraction of sp³-hybridized carbons (Fsp3) is 0.562. The number of rotatable bonds is 3. The molecule has 2 unspecified atom stereocenters. The molecular formula is C16H23N3. The molecule has 102 valence electrons. The van der Waals surface area contributed by atoms with E-state index >= 15 is 0 Å². The number of nitrogens with zero attached hydrogens (tertiary/aromatic N) is 2. The number of benzene rings is 1. The summed E-state index contributed by atoms with van der Waals surface area (Å²) in [6.07, 6.45) is 3.86. The SMILES string of the molecule is CNCC1CCCCN(C)C1c1ccc(C#N)cc1. The number of nitrogens with one attached hydrogen (secondary N) is 1. The molecular weight excluding hydrogens is 234 g/mol. The lowest BCUT2D eigenvalue weighted by atomic mass is 9.89. The van der Waals surface area contributed by atoms with Crippen molar-refractivity contribution >= 4 is 0 Å². The molecule has 0 amide bonds. The van der Waals surface area contributed by atoms with Crippen LogP contribution in [-0.4, -0.2) is 32.1 Å². The maximum absolute atomic E-state index is 8.90. The Hall–Kier alpha value is -1.37. The normalized spacial score (nSPS) is 24.7. The smallest absolute Gasteiger partial charge is 0.0991 e. The summed E-state index contributed by atoms with van der Waals surface area (Å²) in [5.41, 5.74) is 2.08. The van der Waals surface area contributed by atoms with Crippen molar-refractivity contribution in [2.45, 2.75) is 25.3 Å². The van der Waals surface area contributed by atoms with E-state index in [1.54, 1.807) is 0 Å². The molecule has 2 atom stereocenters. The Kier molecular flexibility index (Phi) is 4.95. The minimum atomic E-state index is 0.461. The summed E-state index contributed by atoms with van der Waals surface area (Å²) in [5, 5.41) is 12.2. The molecule has 2 rings (SSSR count). The lowest BCUT2D eigenvalue weighted by Gasteiger charge is -2.32. The third-order valence-electron chi connectivity index (χ3n) is 4.10. The minimum Gasteiger partial charge on any atom is -0.319 e. The van der Waals surface area contributed by atoms with Crippen molar-refractivity contribution < 1.29 is 0 Å². The molecule has 1 aliphatic rings. The summed E-state index contributed by atoms with van der Waals surface area (Å²) >= 11 is 0. The highest BCUT2D eigenvalue weighted by molar-refractivity contribution is 5.33. The average Bonchev–Trinajstić information content (AvgIpc) is 2.61. The van der Waals surface area contributed by atoms with Gasteiger partial charge < -0.3 is 5.32 Å². The fourth-order valence-electron chi connectivity index (χ4n) is 3.18. The summed E-state index contributed by atoms with van der Waals surface area (Å²) in [6.45, 7) is 2.21. The Morgan fingerprint density at radius 2 is 2.05 bits per heavy atom. The molecule has 1 aliphatic heterocycles. The van der Waals surface area contributed by atoms with Crippen LogP contribution < -0.4 is 5.32 Å². The molecule has 0 saturated carbocycles. The van der Waals surface area contributed by atoms with Crippen molar-refractivity contribution in [3.05, 3.63) is 35.4 Å². The van der Waals surface area contributed by atoms with Gasteiger partial charge in [-0.3, -0.25) is 4.90 Å².